The molecule has 3 N–H and O–H groups in total. The van der Waals surface area contributed by atoms with Crippen LogP contribution in [0.1, 0.15) is 40.6 Å². The van der Waals surface area contributed by atoms with E-state index in [-0.39, 0.29) is 17.1 Å². The molecule has 1 heterocycles. The van der Waals surface area contributed by atoms with E-state index < -0.39 is 21.7 Å². The van der Waals surface area contributed by atoms with Gasteiger partial charge < -0.3 is 15.8 Å². The summed E-state index contributed by atoms with van der Waals surface area (Å²) in [6, 6.07) is 6.02. The number of methoxy groups -OCH3 is 1. The van der Waals surface area contributed by atoms with Crippen molar-refractivity contribution in [3.63, 3.8) is 0 Å². The average molecular weight is 437 g/mol. The predicted octanol–water partition coefficient (Wildman–Crippen LogP) is 2.78. The highest BCUT2D eigenvalue weighted by Gasteiger charge is 2.27. The van der Waals surface area contributed by atoms with Gasteiger partial charge in [0.2, 0.25) is 5.91 Å². The fourth-order valence-corrected chi connectivity index (χ4v) is 6.09. The summed E-state index contributed by atoms with van der Waals surface area (Å²) < 4.78 is 30.0. The number of nitrogens with one attached hydrogen (secondary N) is 1. The Morgan fingerprint density at radius 2 is 1.97 bits per heavy atom. The molecule has 3 rings (SSSR count). The number of primary amides is 1. The second kappa shape index (κ2) is 8.54. The molecule has 1 aromatic carbocycles. The number of ether oxygens (including phenoxy) is 1. The van der Waals surface area contributed by atoms with Gasteiger partial charge in [0.05, 0.1) is 23.3 Å². The Kier molecular flexibility index (Phi) is 6.28. The molecule has 1 aromatic heterocycles. The molecule has 1 aliphatic rings. The zero-order valence-electron chi connectivity index (χ0n) is 16.4. The van der Waals surface area contributed by atoms with Crippen LogP contribution in [0.2, 0.25) is 0 Å². The molecule has 1 atom stereocenters. The van der Waals surface area contributed by atoms with Crippen LogP contribution in [0.3, 0.4) is 0 Å². The van der Waals surface area contributed by atoms with Crippen LogP contribution in [0, 0.1) is 5.92 Å². The number of nitrogens with two attached hydrogens (primary N) is 1. The molecule has 2 aromatic rings. The van der Waals surface area contributed by atoms with E-state index in [0.29, 0.717) is 22.2 Å². The third-order valence-electron chi connectivity index (χ3n) is 5.03. The highest BCUT2D eigenvalue weighted by atomic mass is 32.2. The SMILES string of the molecule is COc1ccc(S(=O)(=O)CCC(=O)Nc2sc3c(c2C(N)=O)CCC(C)C3)cc1. The lowest BCUT2D eigenvalue weighted by molar-refractivity contribution is -0.115. The predicted molar refractivity (Wildman–Crippen MR) is 112 cm³/mol. The van der Waals surface area contributed by atoms with Gasteiger partial charge in [0.15, 0.2) is 9.84 Å². The van der Waals surface area contributed by atoms with Gasteiger partial charge in [-0.25, -0.2) is 8.42 Å². The van der Waals surface area contributed by atoms with Crippen molar-refractivity contribution in [2.75, 3.05) is 18.2 Å². The molecular weight excluding hydrogens is 412 g/mol. The summed E-state index contributed by atoms with van der Waals surface area (Å²) >= 11 is 1.36. The van der Waals surface area contributed by atoms with Crippen LogP contribution in [0.4, 0.5) is 5.00 Å². The normalized spacial score (nSPS) is 16.1. The molecule has 0 saturated heterocycles. The van der Waals surface area contributed by atoms with E-state index in [0.717, 1.165) is 29.7 Å². The monoisotopic (exact) mass is 436 g/mol. The molecule has 0 aliphatic heterocycles. The van der Waals surface area contributed by atoms with E-state index in [1.165, 1.54) is 30.6 Å². The van der Waals surface area contributed by atoms with Gasteiger partial charge in [0.25, 0.3) is 5.91 Å². The topological polar surface area (TPSA) is 116 Å². The fourth-order valence-electron chi connectivity index (χ4n) is 3.42. The number of carbonyl (C=O) groups excluding carboxylic acids is 2. The summed E-state index contributed by atoms with van der Waals surface area (Å²) in [6.07, 6.45) is 2.36. The van der Waals surface area contributed by atoms with Gasteiger partial charge in [0, 0.05) is 11.3 Å². The van der Waals surface area contributed by atoms with Crippen molar-refractivity contribution < 1.29 is 22.7 Å². The molecule has 0 saturated carbocycles. The molecule has 0 radical (unpaired) electrons. The minimum atomic E-state index is -3.61. The number of hydrogen-bond donors (Lipinski definition) is 2. The number of sulfone groups is 1. The molecule has 0 bridgehead atoms. The van der Waals surface area contributed by atoms with Gasteiger partial charge in [-0.05, 0) is 55.0 Å². The van der Waals surface area contributed by atoms with Crippen LogP contribution in [-0.4, -0.2) is 33.1 Å². The maximum absolute atomic E-state index is 12.5. The maximum Gasteiger partial charge on any atom is 0.251 e. The Labute approximate surface area is 174 Å². The van der Waals surface area contributed by atoms with Crippen molar-refractivity contribution in [2.24, 2.45) is 11.7 Å². The second-order valence-electron chi connectivity index (χ2n) is 7.21. The summed E-state index contributed by atoms with van der Waals surface area (Å²) in [6.45, 7) is 2.15. The van der Waals surface area contributed by atoms with Crippen molar-refractivity contribution in [1.82, 2.24) is 0 Å². The van der Waals surface area contributed by atoms with Crippen molar-refractivity contribution in [3.05, 3.63) is 40.3 Å². The highest BCUT2D eigenvalue weighted by molar-refractivity contribution is 7.91. The van der Waals surface area contributed by atoms with Crippen LogP contribution in [0.25, 0.3) is 0 Å². The lowest BCUT2D eigenvalue weighted by Crippen LogP contribution is -2.20. The third kappa shape index (κ3) is 4.79. The Bertz CT molecular complexity index is 1030. The molecule has 0 spiro atoms. The van der Waals surface area contributed by atoms with Gasteiger partial charge in [-0.3, -0.25) is 9.59 Å². The summed E-state index contributed by atoms with van der Waals surface area (Å²) in [7, 11) is -2.12. The molecule has 156 valence electrons. The summed E-state index contributed by atoms with van der Waals surface area (Å²) in [4.78, 5) is 25.5. The largest absolute Gasteiger partial charge is 0.497 e. The van der Waals surface area contributed by atoms with Gasteiger partial charge in [-0.1, -0.05) is 6.92 Å². The molecule has 7 nitrogen and oxygen atoms in total. The first-order valence-electron chi connectivity index (χ1n) is 9.32. The number of carbonyl (C=O) groups is 2. The van der Waals surface area contributed by atoms with Gasteiger partial charge in [0.1, 0.15) is 10.8 Å². The average Bonchev–Trinajstić information content (AvgIpc) is 3.03. The van der Waals surface area contributed by atoms with E-state index >= 15 is 0 Å². The Morgan fingerprint density at radius 1 is 1.28 bits per heavy atom. The summed E-state index contributed by atoms with van der Waals surface area (Å²) in [5, 5.41) is 3.12. The maximum atomic E-state index is 12.5. The minimum Gasteiger partial charge on any atom is -0.497 e. The molecule has 1 unspecified atom stereocenters. The van der Waals surface area contributed by atoms with Gasteiger partial charge in [-0.2, -0.15) is 0 Å². The van der Waals surface area contributed by atoms with E-state index in [1.54, 1.807) is 12.1 Å². The first-order chi connectivity index (χ1) is 13.7. The Balaban J connectivity index is 1.70. The lowest BCUT2D eigenvalue weighted by atomic mass is 9.88. The molecular formula is C20H24N2O5S2. The lowest BCUT2D eigenvalue weighted by Gasteiger charge is -2.18. The zero-order valence-corrected chi connectivity index (χ0v) is 18.0. The van der Waals surface area contributed by atoms with Crippen molar-refractivity contribution >= 4 is 38.0 Å². The van der Waals surface area contributed by atoms with Gasteiger partial charge in [-0.15, -0.1) is 11.3 Å². The standard InChI is InChI=1S/C20H24N2O5S2/c1-12-3-8-15-16(11-12)28-20(18(15)19(21)24)22-17(23)9-10-29(25,26)14-6-4-13(27-2)5-7-14/h4-7,12H,3,8-11H2,1-2H3,(H2,21,24)(H,22,23). The number of anilines is 1. The van der Waals surface area contributed by atoms with Gasteiger partial charge >= 0.3 is 0 Å². The van der Waals surface area contributed by atoms with E-state index in [2.05, 4.69) is 12.2 Å². The molecule has 29 heavy (non-hydrogen) atoms. The van der Waals surface area contributed by atoms with E-state index in [4.69, 9.17) is 10.5 Å². The van der Waals surface area contributed by atoms with Crippen LogP contribution in [-0.2, 0) is 27.5 Å². The summed E-state index contributed by atoms with van der Waals surface area (Å²) in [5.74, 6) is -0.301. The van der Waals surface area contributed by atoms with E-state index in [9.17, 15) is 18.0 Å². The number of fused-ring (bicyclic) bond motifs is 1. The molecule has 0 fully saturated rings. The van der Waals surface area contributed by atoms with Crippen LogP contribution < -0.4 is 15.8 Å². The number of hydrogen-bond acceptors (Lipinski definition) is 6. The first kappa shape index (κ1) is 21.3. The molecule has 1 aliphatic carbocycles. The number of amides is 2. The minimum absolute atomic E-state index is 0.129. The second-order valence-corrected chi connectivity index (χ2v) is 10.4. The summed E-state index contributed by atoms with van der Waals surface area (Å²) in [5.41, 5.74) is 6.83. The zero-order chi connectivity index (χ0) is 21.2. The quantitative estimate of drug-likeness (QED) is 0.692. The Morgan fingerprint density at radius 3 is 2.59 bits per heavy atom. The van der Waals surface area contributed by atoms with Crippen molar-refractivity contribution in [2.45, 2.75) is 37.5 Å². The van der Waals surface area contributed by atoms with E-state index in [1.807, 2.05) is 0 Å². The van der Waals surface area contributed by atoms with Crippen molar-refractivity contribution in [1.29, 1.82) is 0 Å². The third-order valence-corrected chi connectivity index (χ3v) is 7.93. The van der Waals surface area contributed by atoms with Crippen LogP contribution in [0.5, 0.6) is 5.75 Å². The molecule has 9 heteroatoms. The molecule has 2 amide bonds. The van der Waals surface area contributed by atoms with Crippen LogP contribution >= 0.6 is 11.3 Å². The van der Waals surface area contributed by atoms with Crippen molar-refractivity contribution in [3.8, 4) is 5.75 Å². The Hall–Kier alpha value is -2.39. The number of thiophene rings is 1. The number of benzene rings is 1. The number of rotatable bonds is 7. The van der Waals surface area contributed by atoms with Crippen LogP contribution in [0.15, 0.2) is 29.2 Å². The smallest absolute Gasteiger partial charge is 0.251 e. The first-order valence-corrected chi connectivity index (χ1v) is 11.8. The fraction of sp³-hybridized carbons (Fsp3) is 0.400. The highest BCUT2D eigenvalue weighted by Crippen LogP contribution is 2.39.